The maximum absolute atomic E-state index is 13.3. The molecule has 5 heteroatoms. The van der Waals surface area contributed by atoms with E-state index in [9.17, 15) is 9.18 Å². The Hall–Kier alpha value is -3.60. The first kappa shape index (κ1) is 15.9. The van der Waals surface area contributed by atoms with Crippen molar-refractivity contribution in [2.75, 3.05) is 5.32 Å². The zero-order valence-electron chi connectivity index (χ0n) is 13.7. The first-order chi connectivity index (χ1) is 12.7. The summed E-state index contributed by atoms with van der Waals surface area (Å²) in [5.74, 6) is 0.542. The van der Waals surface area contributed by atoms with Gasteiger partial charge in [-0.25, -0.2) is 4.39 Å². The molecule has 0 bridgehead atoms. The molecule has 0 fully saturated rings. The van der Waals surface area contributed by atoms with Crippen LogP contribution < -0.4 is 10.1 Å². The van der Waals surface area contributed by atoms with E-state index >= 15 is 0 Å². The maximum Gasteiger partial charge on any atom is 0.272 e. The highest BCUT2D eigenvalue weighted by Crippen LogP contribution is 2.29. The molecule has 0 radical (unpaired) electrons. The van der Waals surface area contributed by atoms with Crippen molar-refractivity contribution in [3.05, 3.63) is 90.4 Å². The van der Waals surface area contributed by atoms with Crippen molar-refractivity contribution in [1.82, 2.24) is 4.98 Å². The predicted octanol–water partition coefficient (Wildman–Crippen LogP) is 5.35. The summed E-state index contributed by atoms with van der Waals surface area (Å²) in [5, 5.41) is 3.48. The lowest BCUT2D eigenvalue weighted by atomic mass is 10.2. The second-order valence-electron chi connectivity index (χ2n) is 5.78. The quantitative estimate of drug-likeness (QED) is 0.523. The summed E-state index contributed by atoms with van der Waals surface area (Å²) in [4.78, 5) is 15.6. The van der Waals surface area contributed by atoms with E-state index in [1.807, 2.05) is 42.5 Å². The number of carbonyl (C=O) groups excluding carboxylic acids is 1. The van der Waals surface area contributed by atoms with Crippen LogP contribution in [0.3, 0.4) is 0 Å². The number of aromatic amines is 1. The number of anilines is 1. The van der Waals surface area contributed by atoms with Gasteiger partial charge in [0.05, 0.1) is 5.69 Å². The summed E-state index contributed by atoms with van der Waals surface area (Å²) in [6.07, 6.45) is 0. The minimum absolute atomic E-state index is 0.328. The molecule has 26 heavy (non-hydrogen) atoms. The number of carbonyl (C=O) groups is 1. The Morgan fingerprint density at radius 3 is 2.54 bits per heavy atom. The normalized spacial score (nSPS) is 10.7. The average Bonchev–Trinajstić information content (AvgIpc) is 3.07. The lowest BCUT2D eigenvalue weighted by molar-refractivity contribution is 0.102. The first-order valence-corrected chi connectivity index (χ1v) is 8.10. The van der Waals surface area contributed by atoms with Gasteiger partial charge >= 0.3 is 0 Å². The van der Waals surface area contributed by atoms with E-state index in [1.54, 1.807) is 24.3 Å². The number of ether oxygens (including phenoxy) is 1. The van der Waals surface area contributed by atoms with Crippen molar-refractivity contribution in [3.8, 4) is 11.5 Å². The number of nitrogens with one attached hydrogen (secondary N) is 2. The second kappa shape index (κ2) is 6.72. The molecule has 0 aliphatic carbocycles. The Bertz CT molecular complexity index is 1070. The molecule has 0 aliphatic heterocycles. The summed E-state index contributed by atoms with van der Waals surface area (Å²) >= 11 is 0. The number of H-pyrrole nitrogens is 1. The summed E-state index contributed by atoms with van der Waals surface area (Å²) in [6.45, 7) is 0. The Kier molecular flexibility index (Phi) is 4.11. The molecule has 4 nitrogen and oxygen atoms in total. The number of hydrogen-bond donors (Lipinski definition) is 2. The van der Waals surface area contributed by atoms with Crippen LogP contribution in [0.4, 0.5) is 10.1 Å². The SMILES string of the molecule is O=C(Nc1ccccc1Oc1ccccc1)c1cc2cc(F)ccc2[nH]1. The van der Waals surface area contributed by atoms with Crippen molar-refractivity contribution >= 4 is 22.5 Å². The maximum atomic E-state index is 13.3. The molecule has 4 rings (SSSR count). The van der Waals surface area contributed by atoms with Crippen molar-refractivity contribution in [2.45, 2.75) is 0 Å². The van der Waals surface area contributed by atoms with Gasteiger partial charge in [-0.2, -0.15) is 0 Å². The summed E-state index contributed by atoms with van der Waals surface area (Å²) in [5.41, 5.74) is 1.59. The Labute approximate surface area is 149 Å². The van der Waals surface area contributed by atoms with Crippen LogP contribution >= 0.6 is 0 Å². The number of benzene rings is 3. The molecule has 2 N–H and O–H groups in total. The molecule has 0 saturated carbocycles. The molecule has 0 atom stereocenters. The second-order valence-corrected chi connectivity index (χ2v) is 5.78. The summed E-state index contributed by atoms with van der Waals surface area (Å²) in [6, 6.07) is 22.5. The van der Waals surface area contributed by atoms with E-state index in [-0.39, 0.29) is 11.7 Å². The highest BCUT2D eigenvalue weighted by Gasteiger charge is 2.13. The van der Waals surface area contributed by atoms with Crippen LogP contribution in [0.2, 0.25) is 0 Å². The van der Waals surface area contributed by atoms with E-state index in [1.165, 1.54) is 12.1 Å². The van der Waals surface area contributed by atoms with Crippen molar-refractivity contribution in [1.29, 1.82) is 0 Å². The number of aromatic nitrogens is 1. The zero-order chi connectivity index (χ0) is 17.9. The largest absolute Gasteiger partial charge is 0.455 e. The summed E-state index contributed by atoms with van der Waals surface area (Å²) < 4.78 is 19.2. The van der Waals surface area contributed by atoms with Gasteiger partial charge in [-0.1, -0.05) is 30.3 Å². The van der Waals surface area contributed by atoms with Gasteiger partial charge in [-0.3, -0.25) is 4.79 Å². The van der Waals surface area contributed by atoms with E-state index < -0.39 is 0 Å². The van der Waals surface area contributed by atoms with Crippen LogP contribution in [0.1, 0.15) is 10.5 Å². The number of hydrogen-bond acceptors (Lipinski definition) is 2. The summed E-state index contributed by atoms with van der Waals surface area (Å²) in [7, 11) is 0. The highest BCUT2D eigenvalue weighted by molar-refractivity contribution is 6.06. The van der Waals surface area contributed by atoms with Gasteiger partial charge in [0, 0.05) is 10.9 Å². The van der Waals surface area contributed by atoms with E-state index in [2.05, 4.69) is 10.3 Å². The smallest absolute Gasteiger partial charge is 0.272 e. The van der Waals surface area contributed by atoms with Crippen LogP contribution in [0.15, 0.2) is 78.9 Å². The van der Waals surface area contributed by atoms with Gasteiger partial charge in [-0.15, -0.1) is 0 Å². The number of halogens is 1. The molecule has 1 amide bonds. The molecule has 0 spiro atoms. The minimum Gasteiger partial charge on any atom is -0.455 e. The lowest BCUT2D eigenvalue weighted by Gasteiger charge is -2.11. The van der Waals surface area contributed by atoms with E-state index in [0.29, 0.717) is 33.8 Å². The number of para-hydroxylation sites is 3. The van der Waals surface area contributed by atoms with Crippen molar-refractivity contribution < 1.29 is 13.9 Å². The number of fused-ring (bicyclic) bond motifs is 1. The first-order valence-electron chi connectivity index (χ1n) is 8.10. The standard InChI is InChI=1S/C21H15FN2O2/c22-15-10-11-17-14(12-15)13-19(23-17)21(25)24-18-8-4-5-9-20(18)26-16-6-2-1-3-7-16/h1-13,23H,(H,24,25). The fourth-order valence-corrected chi connectivity index (χ4v) is 2.69. The molecule has 0 saturated heterocycles. The van der Waals surface area contributed by atoms with Gasteiger partial charge in [-0.05, 0) is 48.5 Å². The Morgan fingerprint density at radius 2 is 1.69 bits per heavy atom. The van der Waals surface area contributed by atoms with E-state index in [0.717, 1.165) is 0 Å². The highest BCUT2D eigenvalue weighted by atomic mass is 19.1. The topological polar surface area (TPSA) is 54.1 Å². The Morgan fingerprint density at radius 1 is 0.923 bits per heavy atom. The fraction of sp³-hybridized carbons (Fsp3) is 0. The van der Waals surface area contributed by atoms with Gasteiger partial charge < -0.3 is 15.0 Å². The number of rotatable bonds is 4. The van der Waals surface area contributed by atoms with Gasteiger partial charge in [0.15, 0.2) is 5.75 Å². The molecule has 0 aliphatic rings. The lowest BCUT2D eigenvalue weighted by Crippen LogP contribution is -2.12. The monoisotopic (exact) mass is 346 g/mol. The van der Waals surface area contributed by atoms with Crippen LogP contribution in [0.5, 0.6) is 11.5 Å². The third-order valence-corrected chi connectivity index (χ3v) is 3.93. The Balaban J connectivity index is 1.59. The van der Waals surface area contributed by atoms with Crippen LogP contribution in [0, 0.1) is 5.82 Å². The predicted molar refractivity (Wildman–Crippen MR) is 99.2 cm³/mol. The van der Waals surface area contributed by atoms with Crippen LogP contribution in [-0.2, 0) is 0 Å². The fourth-order valence-electron chi connectivity index (χ4n) is 2.69. The van der Waals surface area contributed by atoms with E-state index in [4.69, 9.17) is 4.74 Å². The third kappa shape index (κ3) is 3.28. The molecular formula is C21H15FN2O2. The van der Waals surface area contributed by atoms with Crippen molar-refractivity contribution in [2.24, 2.45) is 0 Å². The molecule has 1 heterocycles. The molecule has 4 aromatic rings. The van der Waals surface area contributed by atoms with Crippen LogP contribution in [0.25, 0.3) is 10.9 Å². The van der Waals surface area contributed by atoms with Gasteiger partial charge in [0.2, 0.25) is 0 Å². The zero-order valence-corrected chi connectivity index (χ0v) is 13.7. The molecule has 1 aromatic heterocycles. The minimum atomic E-state index is -0.343. The molecule has 0 unspecified atom stereocenters. The third-order valence-electron chi connectivity index (χ3n) is 3.93. The van der Waals surface area contributed by atoms with Gasteiger partial charge in [0.25, 0.3) is 5.91 Å². The number of amides is 1. The van der Waals surface area contributed by atoms with Crippen LogP contribution in [-0.4, -0.2) is 10.9 Å². The van der Waals surface area contributed by atoms with Gasteiger partial charge in [0.1, 0.15) is 17.3 Å². The molecular weight excluding hydrogens is 331 g/mol. The molecule has 3 aromatic carbocycles. The molecule has 128 valence electrons. The van der Waals surface area contributed by atoms with Crippen molar-refractivity contribution in [3.63, 3.8) is 0 Å². The average molecular weight is 346 g/mol.